The molecule has 18 rings (SSSR count). The molecule has 0 amide bonds. The first-order valence-corrected chi connectivity index (χ1v) is 43.3. The summed E-state index contributed by atoms with van der Waals surface area (Å²) >= 11 is 0. The third-order valence-electron chi connectivity index (χ3n) is 21.5. The number of para-hydroxylation sites is 6. The maximum atomic E-state index is 8.21. The second kappa shape index (κ2) is 25.4. The lowest BCUT2D eigenvalue weighted by Crippen LogP contribution is -2.78. The maximum Gasteiger partial charge on any atom is 0.220 e. The molecule has 5 heterocycles. The number of nitrogens with zero attached hydrogens (tertiary/aromatic N) is 7. The predicted octanol–water partition coefficient (Wildman–Crippen LogP) is 18.1. The molecule has 0 saturated heterocycles. The summed E-state index contributed by atoms with van der Waals surface area (Å²) in [6, 6.07) is 129. The molecule has 492 valence electrons. The molecule has 4 aromatic heterocycles. The fraction of sp³-hybridized carbons (Fsp3) is 0.0543. The molecule has 1 aliphatic rings. The van der Waals surface area contributed by atoms with E-state index in [1.165, 1.54) is 15.6 Å². The zero-order chi connectivity index (χ0) is 69.3. The van der Waals surface area contributed by atoms with Crippen molar-refractivity contribution in [3.05, 3.63) is 369 Å². The number of hydrogen-bond donors (Lipinski definition) is 0. The van der Waals surface area contributed by atoms with Crippen LogP contribution in [0.15, 0.2) is 358 Å². The smallest absolute Gasteiger partial charge is 0.220 e. The molecule has 13 aromatic carbocycles. The molecule has 0 fully saturated rings. The molecule has 0 atom stereocenters. The number of hydrogen-bond acceptors (Lipinski definition) is 6. The quantitative estimate of drug-likeness (QED) is 0.0751. The molecule has 0 aliphatic carbocycles. The van der Waals surface area contributed by atoms with Gasteiger partial charge in [-0.1, -0.05) is 342 Å². The fourth-order valence-corrected chi connectivity index (χ4v) is 35.6. The van der Waals surface area contributed by atoms with Gasteiger partial charge in [0.2, 0.25) is 5.78 Å². The van der Waals surface area contributed by atoms with Gasteiger partial charge >= 0.3 is 0 Å². The van der Waals surface area contributed by atoms with Gasteiger partial charge in [0.25, 0.3) is 0 Å². The zero-order valence-electron chi connectivity index (χ0n) is 57.6. The molecule has 8 nitrogen and oxygen atoms in total. The minimum atomic E-state index is -3.66. The van der Waals surface area contributed by atoms with E-state index < -0.39 is 28.9 Å². The van der Waals surface area contributed by atoms with Crippen LogP contribution in [0, 0.1) is 0 Å². The van der Waals surface area contributed by atoms with Crippen molar-refractivity contribution in [2.75, 3.05) is 0 Å². The zero-order valence-corrected chi connectivity index (χ0v) is 60.6. The number of benzene rings is 13. The van der Waals surface area contributed by atoms with Crippen LogP contribution in [0.3, 0.4) is 0 Å². The number of ether oxygens (including phenoxy) is 1. The third kappa shape index (κ3) is 10.0. The monoisotopic (exact) mass is 1370 g/mol. The maximum absolute atomic E-state index is 8.21. The Bertz CT molecular complexity index is 5800. The molecule has 103 heavy (non-hydrogen) atoms. The highest BCUT2D eigenvalue weighted by atomic mass is 28.4. The Morgan fingerprint density at radius 1 is 0.301 bits per heavy atom. The van der Waals surface area contributed by atoms with E-state index in [1.54, 1.807) is 0 Å². The summed E-state index contributed by atoms with van der Waals surface area (Å²) < 4.78 is 11.9. The summed E-state index contributed by atoms with van der Waals surface area (Å²) in [7, 11) is -11.0. The van der Waals surface area contributed by atoms with Gasteiger partial charge in [0.1, 0.15) is 27.6 Å². The van der Waals surface area contributed by atoms with Crippen LogP contribution < -0.4 is 36.1 Å². The molecular formula is C92H71N7OSi3. The predicted molar refractivity (Wildman–Crippen MR) is 431 cm³/mol. The van der Waals surface area contributed by atoms with E-state index in [1.807, 2.05) is 0 Å². The molecule has 17 aromatic rings. The fourth-order valence-electron chi connectivity index (χ4n) is 17.2. The average molecular weight is 1370 g/mol. The van der Waals surface area contributed by atoms with E-state index in [4.69, 9.17) is 29.7 Å². The number of imidazole rings is 2. The number of fused-ring (bicyclic) bond motifs is 7. The second-order valence-corrected chi connectivity index (χ2v) is 41.0. The van der Waals surface area contributed by atoms with Crippen molar-refractivity contribution >= 4 is 83.4 Å². The minimum absolute atomic E-state index is 0.797. The van der Waals surface area contributed by atoms with Crippen LogP contribution in [0.4, 0.5) is 0 Å². The van der Waals surface area contributed by atoms with Crippen molar-refractivity contribution in [3.8, 4) is 84.7 Å². The summed E-state index contributed by atoms with van der Waals surface area (Å²) in [5, 5.41) is 6.69. The SMILES string of the molecule is C[Si](C)(c1nc(-c2ccccc2)c(-c2ccccc2)nc1-c1ccccc1)C1([Si](C)(C)c2nc(-c3ccccc3)c(-c3ccccc3)nc2-c2ccccc2)c2ccccc2Oc2c1cccc2[Si](c1ccccc1)(c1ccccc1)c1cccc(-n2c3ccccc3n3c4ccccc4nc23)c1. The van der Waals surface area contributed by atoms with Crippen LogP contribution in [-0.4, -0.2) is 58.1 Å². The normalized spacial score (nSPS) is 12.8. The van der Waals surface area contributed by atoms with Crippen molar-refractivity contribution in [2.45, 2.75) is 30.8 Å². The standard InChI is InChI=1S/C92H71N7OSi3/c1-101(2,89-86(68-45-21-9-22-46-68)94-82(64-37-13-5-14-38-64)84(96-89)66-41-17-7-18-42-66)92(102(3,4)90-87(69-47-23-10-24-48-69)95-83(65-39-15-6-16-40-65)85(97-90)67-43-19-8-20-44-67)74-55-29-34-61-80(74)100-88-75(92)56-36-62-81(88)103(71-50-25-11-26-51-71,72-52-27-12-28-53-72)73-54-35-49-70(63-73)98-78-59-32-33-60-79(78)99-77-58-31-30-57-76(77)93-91(98)99/h5-63H,1-4H3. The largest absolute Gasteiger partial charge is 0.457 e. The summed E-state index contributed by atoms with van der Waals surface area (Å²) in [5.41, 5.74) is 18.3. The summed E-state index contributed by atoms with van der Waals surface area (Å²) in [6.45, 7) is 10.3. The van der Waals surface area contributed by atoms with E-state index in [0.29, 0.717) is 0 Å². The van der Waals surface area contributed by atoms with E-state index >= 15 is 0 Å². The molecule has 0 spiro atoms. The Balaban J connectivity index is 1.01. The van der Waals surface area contributed by atoms with E-state index in [9.17, 15) is 0 Å². The van der Waals surface area contributed by atoms with Crippen LogP contribution >= 0.6 is 0 Å². The Morgan fingerprint density at radius 2 is 0.670 bits per heavy atom. The van der Waals surface area contributed by atoms with Gasteiger partial charge in [-0.2, -0.15) is 0 Å². The Kier molecular flexibility index (Phi) is 15.5. The highest BCUT2D eigenvalue weighted by Crippen LogP contribution is 2.58. The molecule has 1 aliphatic heterocycles. The highest BCUT2D eigenvalue weighted by molar-refractivity contribution is 7.20. The molecule has 11 heteroatoms. The Labute approximate surface area is 602 Å². The third-order valence-corrected chi connectivity index (χ3v) is 37.9. The van der Waals surface area contributed by atoms with Gasteiger partial charge in [-0.25, -0.2) is 15.0 Å². The molecule has 0 unspecified atom stereocenters. The van der Waals surface area contributed by atoms with Crippen LogP contribution in [0.1, 0.15) is 11.1 Å². The summed E-state index contributed by atoms with van der Waals surface area (Å²) in [5.74, 6) is 2.49. The lowest BCUT2D eigenvalue weighted by molar-refractivity contribution is 0.453. The molecule has 0 bridgehead atoms. The first-order valence-electron chi connectivity index (χ1n) is 35.3. The van der Waals surface area contributed by atoms with Gasteiger partial charge in [-0.05, 0) is 63.2 Å². The van der Waals surface area contributed by atoms with Crippen LogP contribution in [0.25, 0.3) is 101 Å². The molecule has 0 saturated carbocycles. The summed E-state index contributed by atoms with van der Waals surface area (Å²) in [4.78, 5) is 30.4. The molecular weight excluding hydrogens is 1300 g/mol. The van der Waals surface area contributed by atoms with Gasteiger partial charge < -0.3 is 4.74 Å². The van der Waals surface area contributed by atoms with Gasteiger partial charge in [0.15, 0.2) is 8.07 Å². The van der Waals surface area contributed by atoms with Crippen molar-refractivity contribution in [1.82, 2.24) is 33.9 Å². The van der Waals surface area contributed by atoms with Gasteiger partial charge in [0, 0.05) is 54.9 Å². The van der Waals surface area contributed by atoms with Gasteiger partial charge in [-0.3, -0.25) is 18.9 Å². The lowest BCUT2D eigenvalue weighted by Gasteiger charge is -2.57. The average Bonchev–Trinajstić information content (AvgIpc) is 1.31. The molecule has 0 N–H and O–H groups in total. The van der Waals surface area contributed by atoms with Crippen molar-refractivity contribution in [3.63, 3.8) is 0 Å². The van der Waals surface area contributed by atoms with E-state index in [2.05, 4.69) is 393 Å². The van der Waals surface area contributed by atoms with Crippen LogP contribution in [0.5, 0.6) is 11.5 Å². The first-order chi connectivity index (χ1) is 50.6. The lowest BCUT2D eigenvalue weighted by atomic mass is 9.98. The van der Waals surface area contributed by atoms with Crippen LogP contribution in [-0.2, 0) is 4.66 Å². The number of aromatic nitrogens is 7. The van der Waals surface area contributed by atoms with Crippen molar-refractivity contribution < 1.29 is 4.74 Å². The van der Waals surface area contributed by atoms with Crippen molar-refractivity contribution in [1.29, 1.82) is 0 Å². The minimum Gasteiger partial charge on any atom is -0.457 e. The topological polar surface area (TPSA) is 83.0 Å². The molecule has 0 radical (unpaired) electrons. The van der Waals surface area contributed by atoms with Gasteiger partial charge in [0.05, 0.1) is 66.9 Å². The van der Waals surface area contributed by atoms with E-state index in [0.717, 1.165) is 140 Å². The number of rotatable bonds is 15. The summed E-state index contributed by atoms with van der Waals surface area (Å²) in [6.07, 6.45) is 0. The van der Waals surface area contributed by atoms with Gasteiger partial charge in [-0.15, -0.1) is 0 Å². The van der Waals surface area contributed by atoms with Crippen molar-refractivity contribution in [2.24, 2.45) is 0 Å². The second-order valence-electron chi connectivity index (χ2n) is 27.8. The highest BCUT2D eigenvalue weighted by Gasteiger charge is 2.67. The Hall–Kier alpha value is -12.3. The Morgan fingerprint density at radius 3 is 1.16 bits per heavy atom. The first kappa shape index (κ1) is 63.0. The van der Waals surface area contributed by atoms with Crippen LogP contribution in [0.2, 0.25) is 26.2 Å². The van der Waals surface area contributed by atoms with E-state index in [-0.39, 0.29) is 0 Å².